The van der Waals surface area contributed by atoms with Gasteiger partial charge in [-0.1, -0.05) is 48.5 Å². The summed E-state index contributed by atoms with van der Waals surface area (Å²) in [4.78, 5) is 4.50. The average Bonchev–Trinajstić information content (AvgIpc) is 2.99. The number of oxazole rings is 1. The predicted octanol–water partition coefficient (Wildman–Crippen LogP) is 4.20. The van der Waals surface area contributed by atoms with Crippen LogP contribution in [0.25, 0.3) is 33.7 Å². The highest BCUT2D eigenvalue weighted by atomic mass is 16.3. The van der Waals surface area contributed by atoms with Crippen molar-refractivity contribution in [2.24, 2.45) is 0 Å². The molecular formula is C19H18N2O3. The molecule has 0 saturated heterocycles. The number of aromatic hydroxyl groups is 1. The lowest BCUT2D eigenvalue weighted by molar-refractivity contribution is 0.474. The Kier molecular flexibility index (Phi) is 4.99. The minimum atomic E-state index is 0. The van der Waals surface area contributed by atoms with Gasteiger partial charge >= 0.3 is 0 Å². The first-order valence-electron chi connectivity index (χ1n) is 7.06. The van der Waals surface area contributed by atoms with Crippen molar-refractivity contribution in [1.82, 2.24) is 11.1 Å². The molecule has 0 aliphatic carbocycles. The summed E-state index contributed by atoms with van der Waals surface area (Å²) >= 11 is 0. The van der Waals surface area contributed by atoms with Gasteiger partial charge in [0.05, 0.1) is 5.56 Å². The Hall–Kier alpha value is -3.15. The molecule has 3 aromatic carbocycles. The van der Waals surface area contributed by atoms with E-state index < -0.39 is 0 Å². The number of phenols is 1. The van der Waals surface area contributed by atoms with Crippen LogP contribution in [0.3, 0.4) is 0 Å². The maximum Gasteiger partial charge on any atom is 0.231 e. The molecule has 0 aliphatic rings. The topological polar surface area (TPSA) is 113 Å². The van der Waals surface area contributed by atoms with Crippen LogP contribution in [0, 0.1) is 0 Å². The lowest BCUT2D eigenvalue weighted by atomic mass is 10.1. The number of benzene rings is 3. The van der Waals surface area contributed by atoms with Crippen molar-refractivity contribution in [3.8, 4) is 28.3 Å². The number of fused-ring (bicyclic) bond motifs is 1. The van der Waals surface area contributed by atoms with Gasteiger partial charge in [0.15, 0.2) is 5.58 Å². The van der Waals surface area contributed by atoms with E-state index in [1.54, 1.807) is 18.2 Å². The van der Waals surface area contributed by atoms with Crippen molar-refractivity contribution >= 4 is 11.1 Å². The largest absolute Gasteiger partial charge is 0.507 e. The second-order valence-electron chi connectivity index (χ2n) is 5.08. The minimum Gasteiger partial charge on any atom is -0.507 e. The maximum absolute atomic E-state index is 9.92. The Morgan fingerprint density at radius 2 is 1.50 bits per heavy atom. The highest BCUT2D eigenvalue weighted by Gasteiger charge is 2.12. The molecule has 0 bridgehead atoms. The molecule has 0 radical (unpaired) electrons. The maximum atomic E-state index is 9.92. The Morgan fingerprint density at radius 1 is 0.792 bits per heavy atom. The second-order valence-corrected chi connectivity index (χ2v) is 5.08. The molecule has 0 fully saturated rings. The lowest BCUT2D eigenvalue weighted by Crippen LogP contribution is -1.78. The van der Waals surface area contributed by atoms with Crippen molar-refractivity contribution in [2.75, 3.05) is 0 Å². The van der Waals surface area contributed by atoms with Crippen LogP contribution in [0.1, 0.15) is 0 Å². The average molecular weight is 322 g/mol. The van der Waals surface area contributed by atoms with Crippen molar-refractivity contribution in [3.05, 3.63) is 72.8 Å². The summed E-state index contributed by atoms with van der Waals surface area (Å²) in [5.41, 5.74) is 4.30. The van der Waals surface area contributed by atoms with Crippen LogP contribution in [0.2, 0.25) is 0 Å². The van der Waals surface area contributed by atoms with Gasteiger partial charge in [-0.3, -0.25) is 0 Å². The number of aromatic nitrogens is 1. The third-order valence-electron chi connectivity index (χ3n) is 3.63. The van der Waals surface area contributed by atoms with E-state index in [1.807, 2.05) is 42.5 Å². The van der Waals surface area contributed by atoms with Gasteiger partial charge in [0.2, 0.25) is 5.89 Å². The van der Waals surface area contributed by atoms with Crippen molar-refractivity contribution in [1.29, 1.82) is 0 Å². The third-order valence-corrected chi connectivity index (χ3v) is 3.63. The highest BCUT2D eigenvalue weighted by molar-refractivity contribution is 5.82. The summed E-state index contributed by atoms with van der Waals surface area (Å²) in [6.45, 7) is 0. The van der Waals surface area contributed by atoms with Gasteiger partial charge in [-0.15, -0.1) is 0 Å². The van der Waals surface area contributed by atoms with Gasteiger partial charge in [-0.25, -0.2) is 4.98 Å². The van der Waals surface area contributed by atoms with Gasteiger partial charge in [0.1, 0.15) is 11.3 Å². The van der Waals surface area contributed by atoms with E-state index in [9.17, 15) is 5.11 Å². The molecule has 5 heteroatoms. The van der Waals surface area contributed by atoms with Gasteiger partial charge in [-0.05, 0) is 35.4 Å². The zero-order valence-corrected chi connectivity index (χ0v) is 12.9. The molecule has 0 unspecified atom stereocenters. The summed E-state index contributed by atoms with van der Waals surface area (Å²) in [5.74, 6) is 0.593. The SMILES string of the molecule is N.O.Oc1ccccc1-c1nc2cc(-c3ccccc3)ccc2o1. The normalized spacial score (nSPS) is 10.0. The summed E-state index contributed by atoms with van der Waals surface area (Å²) in [7, 11) is 0. The van der Waals surface area contributed by atoms with Crippen LogP contribution in [0.5, 0.6) is 5.75 Å². The van der Waals surface area contributed by atoms with Crippen LogP contribution in [0.4, 0.5) is 0 Å². The molecule has 0 amide bonds. The number of hydrogen-bond donors (Lipinski definition) is 2. The van der Waals surface area contributed by atoms with E-state index in [-0.39, 0.29) is 17.4 Å². The fourth-order valence-electron chi connectivity index (χ4n) is 2.51. The first-order chi connectivity index (χ1) is 10.8. The predicted molar refractivity (Wildman–Crippen MR) is 95.2 cm³/mol. The molecule has 0 spiro atoms. The van der Waals surface area contributed by atoms with Gasteiger partial charge < -0.3 is 21.2 Å². The number of nitrogens with zero attached hydrogens (tertiary/aromatic N) is 1. The van der Waals surface area contributed by atoms with Crippen LogP contribution in [-0.2, 0) is 0 Å². The lowest BCUT2D eigenvalue weighted by Gasteiger charge is -1.99. The van der Waals surface area contributed by atoms with Crippen LogP contribution in [0.15, 0.2) is 77.2 Å². The zero-order chi connectivity index (χ0) is 14.9. The fourth-order valence-corrected chi connectivity index (χ4v) is 2.51. The van der Waals surface area contributed by atoms with E-state index >= 15 is 0 Å². The standard InChI is InChI=1S/C19H13NO2.H3N.H2O/c21-17-9-5-4-8-15(17)19-20-16-12-14(10-11-18(16)22-19)13-6-2-1-3-7-13;;/h1-12,21H;1H3;1H2. The molecule has 0 atom stereocenters. The van der Waals surface area contributed by atoms with Crippen LogP contribution >= 0.6 is 0 Å². The molecule has 24 heavy (non-hydrogen) atoms. The van der Waals surface area contributed by atoms with E-state index in [4.69, 9.17) is 4.42 Å². The molecule has 122 valence electrons. The Balaban J connectivity index is 0.00000104. The van der Waals surface area contributed by atoms with Crippen molar-refractivity contribution < 1.29 is 15.0 Å². The minimum absolute atomic E-state index is 0. The zero-order valence-electron chi connectivity index (χ0n) is 12.9. The van der Waals surface area contributed by atoms with E-state index in [2.05, 4.69) is 17.1 Å². The summed E-state index contributed by atoms with van der Waals surface area (Å²) in [6.07, 6.45) is 0. The molecule has 1 heterocycles. The Bertz CT molecular complexity index is 949. The number of rotatable bonds is 2. The molecule has 5 nitrogen and oxygen atoms in total. The third kappa shape index (κ3) is 2.99. The Labute approximate surface area is 139 Å². The van der Waals surface area contributed by atoms with Gasteiger partial charge in [0, 0.05) is 0 Å². The summed E-state index contributed by atoms with van der Waals surface area (Å²) < 4.78 is 5.75. The quantitative estimate of drug-likeness (QED) is 0.575. The molecule has 4 aromatic rings. The molecule has 0 saturated carbocycles. The van der Waals surface area contributed by atoms with Gasteiger partial charge in [0.25, 0.3) is 0 Å². The highest BCUT2D eigenvalue weighted by Crippen LogP contribution is 2.32. The fraction of sp³-hybridized carbons (Fsp3) is 0. The van der Waals surface area contributed by atoms with Gasteiger partial charge in [-0.2, -0.15) is 0 Å². The molecular weight excluding hydrogens is 304 g/mol. The first-order valence-corrected chi connectivity index (χ1v) is 7.06. The Morgan fingerprint density at radius 3 is 2.25 bits per heavy atom. The number of hydrogen-bond acceptors (Lipinski definition) is 4. The molecule has 1 aromatic heterocycles. The number of para-hydroxylation sites is 1. The summed E-state index contributed by atoms with van der Waals surface area (Å²) in [6, 6.07) is 23.1. The second kappa shape index (κ2) is 6.95. The van der Waals surface area contributed by atoms with Crippen LogP contribution < -0.4 is 6.15 Å². The van der Waals surface area contributed by atoms with Crippen LogP contribution in [-0.4, -0.2) is 15.6 Å². The first kappa shape index (κ1) is 17.2. The number of phenolic OH excluding ortho intramolecular Hbond substituents is 1. The smallest absolute Gasteiger partial charge is 0.231 e. The monoisotopic (exact) mass is 322 g/mol. The van der Waals surface area contributed by atoms with E-state index in [0.717, 1.165) is 16.6 Å². The molecule has 0 aliphatic heterocycles. The van der Waals surface area contributed by atoms with Crippen molar-refractivity contribution in [2.45, 2.75) is 0 Å². The molecule has 6 N–H and O–H groups in total. The molecule has 4 rings (SSSR count). The van der Waals surface area contributed by atoms with E-state index in [1.165, 1.54) is 0 Å². The van der Waals surface area contributed by atoms with Crippen molar-refractivity contribution in [3.63, 3.8) is 0 Å². The van der Waals surface area contributed by atoms with E-state index in [0.29, 0.717) is 17.0 Å². The summed E-state index contributed by atoms with van der Waals surface area (Å²) in [5, 5.41) is 9.92.